The second-order valence-electron chi connectivity index (χ2n) is 7.60. The maximum absolute atomic E-state index is 12.0. The highest BCUT2D eigenvalue weighted by molar-refractivity contribution is 6.43. The molecule has 1 aromatic carbocycles. The van der Waals surface area contributed by atoms with Gasteiger partial charge in [0.25, 0.3) is 0 Å². The van der Waals surface area contributed by atoms with Gasteiger partial charge in [-0.3, -0.25) is 4.99 Å². The Morgan fingerprint density at radius 3 is 2.54 bits per heavy atom. The highest BCUT2D eigenvalue weighted by Crippen LogP contribution is 2.52. The van der Waals surface area contributed by atoms with Crippen LogP contribution in [0, 0.1) is 5.41 Å². The van der Waals surface area contributed by atoms with E-state index in [1.54, 1.807) is 0 Å². The average Bonchev–Trinajstić information content (AvgIpc) is 3.13. The Bertz CT molecular complexity index is 668. The first-order valence-electron chi connectivity index (χ1n) is 8.77. The standard InChI is InChI=1S/C20H26N2O2/c1-15(21-18(23)24-14-16-9-5-4-6-10-16)17-13-19(2,3)20(22-17)11-7-8-12-20/h4-6,9-10H,7-8,11-14H2,1-3H3/b21-15+. The molecule has 0 unspecified atom stereocenters. The first-order valence-corrected chi connectivity index (χ1v) is 8.77. The fourth-order valence-corrected chi connectivity index (χ4v) is 3.94. The predicted octanol–water partition coefficient (Wildman–Crippen LogP) is 4.97. The number of ether oxygens (including phenoxy) is 1. The third-order valence-corrected chi connectivity index (χ3v) is 5.53. The lowest BCUT2D eigenvalue weighted by atomic mass is 9.71. The number of amides is 1. The van der Waals surface area contributed by atoms with Crippen molar-refractivity contribution in [3.05, 3.63) is 35.9 Å². The van der Waals surface area contributed by atoms with Crippen molar-refractivity contribution < 1.29 is 9.53 Å². The summed E-state index contributed by atoms with van der Waals surface area (Å²) in [5.74, 6) is 0. The van der Waals surface area contributed by atoms with Gasteiger partial charge in [-0.25, -0.2) is 4.79 Å². The van der Waals surface area contributed by atoms with Crippen LogP contribution in [0.3, 0.4) is 0 Å². The van der Waals surface area contributed by atoms with Crippen LogP contribution in [0.5, 0.6) is 0 Å². The van der Waals surface area contributed by atoms with Crippen molar-refractivity contribution in [1.82, 2.24) is 0 Å². The zero-order chi connectivity index (χ0) is 17.2. The highest BCUT2D eigenvalue weighted by atomic mass is 16.5. The van der Waals surface area contributed by atoms with Gasteiger partial charge in [-0.1, -0.05) is 57.0 Å². The molecule has 1 fully saturated rings. The van der Waals surface area contributed by atoms with Crippen molar-refractivity contribution in [2.45, 2.75) is 65.0 Å². The van der Waals surface area contributed by atoms with E-state index in [-0.39, 0.29) is 17.6 Å². The minimum atomic E-state index is -0.538. The molecule has 0 bridgehead atoms. The summed E-state index contributed by atoms with van der Waals surface area (Å²) >= 11 is 0. The third-order valence-electron chi connectivity index (χ3n) is 5.53. The summed E-state index contributed by atoms with van der Waals surface area (Å²) in [5.41, 5.74) is 2.82. The predicted molar refractivity (Wildman–Crippen MR) is 96.8 cm³/mol. The fourth-order valence-electron chi connectivity index (χ4n) is 3.94. The van der Waals surface area contributed by atoms with E-state index in [1.165, 1.54) is 12.8 Å². The van der Waals surface area contributed by atoms with Crippen molar-refractivity contribution in [3.63, 3.8) is 0 Å². The van der Waals surface area contributed by atoms with E-state index >= 15 is 0 Å². The van der Waals surface area contributed by atoms with Crippen LogP contribution in [0.2, 0.25) is 0 Å². The first kappa shape index (κ1) is 16.9. The molecule has 1 heterocycles. The van der Waals surface area contributed by atoms with Gasteiger partial charge in [-0.15, -0.1) is 0 Å². The summed E-state index contributed by atoms with van der Waals surface area (Å²) in [6.07, 6.45) is 5.13. The maximum Gasteiger partial charge on any atom is 0.434 e. The van der Waals surface area contributed by atoms with Crippen molar-refractivity contribution in [1.29, 1.82) is 0 Å². The van der Waals surface area contributed by atoms with Gasteiger partial charge in [0, 0.05) is 0 Å². The lowest BCUT2D eigenvalue weighted by Crippen LogP contribution is -2.36. The minimum Gasteiger partial charge on any atom is -0.443 e. The Labute approximate surface area is 144 Å². The summed E-state index contributed by atoms with van der Waals surface area (Å²) in [6, 6.07) is 9.64. The van der Waals surface area contributed by atoms with Crippen LogP contribution < -0.4 is 0 Å². The summed E-state index contributed by atoms with van der Waals surface area (Å²) in [4.78, 5) is 21.1. The molecule has 4 heteroatoms. The number of carbonyl (C=O) groups excluding carboxylic acids is 1. The van der Waals surface area contributed by atoms with Gasteiger partial charge in [0.1, 0.15) is 6.61 Å². The molecule has 0 radical (unpaired) electrons. The molecule has 1 aliphatic carbocycles. The molecule has 1 aromatic rings. The first-order chi connectivity index (χ1) is 11.4. The number of hydrogen-bond donors (Lipinski definition) is 0. The molecule has 2 aliphatic rings. The number of hydrogen-bond acceptors (Lipinski definition) is 3. The van der Waals surface area contributed by atoms with Crippen molar-refractivity contribution in [2.75, 3.05) is 0 Å². The van der Waals surface area contributed by atoms with Crippen LogP contribution in [0.25, 0.3) is 0 Å². The van der Waals surface area contributed by atoms with Gasteiger partial charge in [0.05, 0.1) is 17.0 Å². The van der Waals surface area contributed by atoms with Gasteiger partial charge < -0.3 is 4.74 Å². The Morgan fingerprint density at radius 2 is 1.88 bits per heavy atom. The zero-order valence-corrected chi connectivity index (χ0v) is 14.8. The normalized spacial score (nSPS) is 21.8. The van der Waals surface area contributed by atoms with Crippen molar-refractivity contribution >= 4 is 17.5 Å². The molecule has 0 atom stereocenters. The molecule has 24 heavy (non-hydrogen) atoms. The molecular weight excluding hydrogens is 300 g/mol. The van der Waals surface area contributed by atoms with E-state index in [1.807, 2.05) is 37.3 Å². The van der Waals surface area contributed by atoms with Crippen molar-refractivity contribution in [3.8, 4) is 0 Å². The van der Waals surface area contributed by atoms with E-state index in [4.69, 9.17) is 9.73 Å². The molecule has 0 saturated heterocycles. The van der Waals surface area contributed by atoms with Crippen molar-refractivity contribution in [2.24, 2.45) is 15.4 Å². The fraction of sp³-hybridized carbons (Fsp3) is 0.550. The Balaban J connectivity index is 1.66. The van der Waals surface area contributed by atoms with Gasteiger partial charge in [-0.2, -0.15) is 4.99 Å². The second-order valence-corrected chi connectivity index (χ2v) is 7.60. The van der Waals surface area contributed by atoms with E-state index in [2.05, 4.69) is 18.8 Å². The summed E-state index contributed by atoms with van der Waals surface area (Å²) < 4.78 is 5.25. The molecule has 1 saturated carbocycles. The van der Waals surface area contributed by atoms with E-state index in [0.29, 0.717) is 5.71 Å². The molecule has 0 aromatic heterocycles. The average molecular weight is 326 g/mol. The van der Waals surface area contributed by atoms with Gasteiger partial charge in [0.15, 0.2) is 0 Å². The Morgan fingerprint density at radius 1 is 1.21 bits per heavy atom. The Kier molecular flexibility index (Phi) is 4.57. The topological polar surface area (TPSA) is 51.0 Å². The zero-order valence-electron chi connectivity index (χ0n) is 14.8. The third kappa shape index (κ3) is 3.28. The van der Waals surface area contributed by atoms with Crippen LogP contribution >= 0.6 is 0 Å². The maximum atomic E-state index is 12.0. The molecule has 1 amide bonds. The SMILES string of the molecule is C/C(=N\C(=O)OCc1ccccc1)C1=NC2(CCCC2)C(C)(C)C1. The molecule has 1 spiro atoms. The molecule has 3 rings (SSSR count). The lowest BCUT2D eigenvalue weighted by molar-refractivity contribution is 0.151. The summed E-state index contributed by atoms with van der Waals surface area (Å²) in [5, 5.41) is 0. The lowest BCUT2D eigenvalue weighted by Gasteiger charge is -2.35. The summed E-state index contributed by atoms with van der Waals surface area (Å²) in [6.45, 7) is 6.69. The number of carbonyl (C=O) groups is 1. The minimum absolute atomic E-state index is 0.0487. The molecule has 4 nitrogen and oxygen atoms in total. The van der Waals surface area contributed by atoms with Gasteiger partial charge in [0.2, 0.25) is 0 Å². The Hall–Kier alpha value is -1.97. The van der Waals surface area contributed by atoms with E-state index in [0.717, 1.165) is 30.5 Å². The largest absolute Gasteiger partial charge is 0.443 e. The highest BCUT2D eigenvalue weighted by Gasteiger charge is 2.51. The quantitative estimate of drug-likeness (QED) is 0.736. The number of aliphatic imine (C=N–C) groups is 2. The summed E-state index contributed by atoms with van der Waals surface area (Å²) in [7, 11) is 0. The number of benzene rings is 1. The van der Waals surface area contributed by atoms with E-state index in [9.17, 15) is 4.79 Å². The molecule has 128 valence electrons. The van der Waals surface area contributed by atoms with Crippen LogP contribution in [-0.2, 0) is 11.3 Å². The monoisotopic (exact) mass is 326 g/mol. The van der Waals surface area contributed by atoms with Gasteiger partial charge >= 0.3 is 6.09 Å². The second kappa shape index (κ2) is 6.50. The molecular formula is C20H26N2O2. The van der Waals surface area contributed by atoms with Crippen LogP contribution in [0.1, 0.15) is 58.4 Å². The number of rotatable bonds is 3. The molecule has 1 aliphatic heterocycles. The van der Waals surface area contributed by atoms with Crippen LogP contribution in [-0.4, -0.2) is 23.1 Å². The van der Waals surface area contributed by atoms with E-state index < -0.39 is 6.09 Å². The molecule has 0 N–H and O–H groups in total. The van der Waals surface area contributed by atoms with Crippen LogP contribution in [0.15, 0.2) is 40.3 Å². The van der Waals surface area contributed by atoms with Gasteiger partial charge in [-0.05, 0) is 37.2 Å². The van der Waals surface area contributed by atoms with Crippen LogP contribution in [0.4, 0.5) is 4.79 Å². The number of nitrogens with zero attached hydrogens (tertiary/aromatic N) is 2. The smallest absolute Gasteiger partial charge is 0.434 e.